The molecule has 0 radical (unpaired) electrons. The average Bonchev–Trinajstić information content (AvgIpc) is 2.04. The van der Waals surface area contributed by atoms with Gasteiger partial charge in [-0.05, 0) is 19.3 Å². The van der Waals surface area contributed by atoms with Crippen LogP contribution in [0.1, 0.15) is 25.7 Å². The van der Waals surface area contributed by atoms with Crippen LogP contribution in [0, 0.1) is 11.8 Å². The number of hydrogen-bond acceptors (Lipinski definition) is 1. The van der Waals surface area contributed by atoms with Gasteiger partial charge in [0.05, 0.1) is 5.92 Å². The zero-order valence-corrected chi connectivity index (χ0v) is 6.67. The third kappa shape index (κ3) is 2.16. The summed E-state index contributed by atoms with van der Waals surface area (Å²) in [6, 6.07) is 0. The lowest BCUT2D eigenvalue weighted by Gasteiger charge is -2.25. The molecule has 0 aromatic rings. The molecule has 4 heteroatoms. The van der Waals surface area contributed by atoms with E-state index in [1.807, 2.05) is 0 Å². The van der Waals surface area contributed by atoms with Gasteiger partial charge in [-0.1, -0.05) is 6.42 Å². The molecule has 0 heterocycles. The standard InChI is InChI=1S/C8H12F2O2/c9-7(10)5-2-1-3-6(4-5)8(11)12/h5-7H,1-4H2,(H,11,12). The van der Waals surface area contributed by atoms with Gasteiger partial charge in [-0.25, -0.2) is 8.78 Å². The van der Waals surface area contributed by atoms with E-state index in [0.717, 1.165) is 0 Å². The highest BCUT2D eigenvalue weighted by Gasteiger charge is 2.31. The van der Waals surface area contributed by atoms with Gasteiger partial charge < -0.3 is 5.11 Å². The molecule has 0 aliphatic heterocycles. The fourth-order valence-electron chi connectivity index (χ4n) is 1.68. The van der Waals surface area contributed by atoms with Crippen molar-refractivity contribution in [2.24, 2.45) is 11.8 Å². The first-order valence-corrected chi connectivity index (χ1v) is 4.12. The van der Waals surface area contributed by atoms with Crippen LogP contribution in [-0.2, 0) is 4.79 Å². The molecule has 1 N–H and O–H groups in total. The molecule has 2 unspecified atom stereocenters. The summed E-state index contributed by atoms with van der Waals surface area (Å²) in [5.74, 6) is -2.17. The Balaban J connectivity index is 2.46. The molecule has 12 heavy (non-hydrogen) atoms. The van der Waals surface area contributed by atoms with Crippen molar-refractivity contribution in [1.29, 1.82) is 0 Å². The minimum absolute atomic E-state index is 0.146. The minimum Gasteiger partial charge on any atom is -0.481 e. The fourth-order valence-corrected chi connectivity index (χ4v) is 1.68. The summed E-state index contributed by atoms with van der Waals surface area (Å²) < 4.78 is 24.3. The predicted molar refractivity (Wildman–Crippen MR) is 39.1 cm³/mol. The molecule has 1 saturated carbocycles. The van der Waals surface area contributed by atoms with Gasteiger partial charge >= 0.3 is 5.97 Å². The molecule has 0 spiro atoms. The molecule has 1 aliphatic rings. The average molecular weight is 178 g/mol. The van der Waals surface area contributed by atoms with Crippen LogP contribution >= 0.6 is 0 Å². The molecule has 2 atom stereocenters. The molecule has 0 amide bonds. The lowest BCUT2D eigenvalue weighted by molar-refractivity contribution is -0.144. The zero-order valence-electron chi connectivity index (χ0n) is 6.67. The van der Waals surface area contributed by atoms with Crippen molar-refractivity contribution in [1.82, 2.24) is 0 Å². The van der Waals surface area contributed by atoms with Gasteiger partial charge in [-0.15, -0.1) is 0 Å². The first-order chi connectivity index (χ1) is 5.61. The van der Waals surface area contributed by atoms with E-state index in [2.05, 4.69) is 0 Å². The van der Waals surface area contributed by atoms with Crippen molar-refractivity contribution < 1.29 is 18.7 Å². The summed E-state index contributed by atoms with van der Waals surface area (Å²) >= 11 is 0. The van der Waals surface area contributed by atoms with Crippen LogP contribution in [0.5, 0.6) is 0 Å². The third-order valence-corrected chi connectivity index (χ3v) is 2.42. The van der Waals surface area contributed by atoms with E-state index in [-0.39, 0.29) is 6.42 Å². The number of carbonyl (C=O) groups is 1. The predicted octanol–water partition coefficient (Wildman–Crippen LogP) is 2.14. The van der Waals surface area contributed by atoms with Crippen molar-refractivity contribution in [3.05, 3.63) is 0 Å². The van der Waals surface area contributed by atoms with Crippen LogP contribution < -0.4 is 0 Å². The molecule has 0 aromatic carbocycles. The van der Waals surface area contributed by atoms with Crippen molar-refractivity contribution in [2.45, 2.75) is 32.1 Å². The number of hydrogen-bond donors (Lipinski definition) is 1. The van der Waals surface area contributed by atoms with Crippen LogP contribution in [0.3, 0.4) is 0 Å². The largest absolute Gasteiger partial charge is 0.481 e. The Hall–Kier alpha value is -0.670. The molecule has 0 aromatic heterocycles. The molecule has 0 saturated heterocycles. The Labute approximate surface area is 69.6 Å². The van der Waals surface area contributed by atoms with Gasteiger partial charge in [0.1, 0.15) is 0 Å². The summed E-state index contributed by atoms with van der Waals surface area (Å²) in [7, 11) is 0. The van der Waals surface area contributed by atoms with Crippen molar-refractivity contribution >= 4 is 5.97 Å². The number of rotatable bonds is 2. The molecule has 1 fully saturated rings. The van der Waals surface area contributed by atoms with Crippen molar-refractivity contribution in [3.63, 3.8) is 0 Å². The number of halogens is 2. The molecule has 1 aliphatic carbocycles. The van der Waals surface area contributed by atoms with Crippen LogP contribution in [0.25, 0.3) is 0 Å². The minimum atomic E-state index is -2.35. The van der Waals surface area contributed by atoms with Gasteiger partial charge in [-0.2, -0.15) is 0 Å². The lowest BCUT2D eigenvalue weighted by Crippen LogP contribution is -2.26. The second-order valence-corrected chi connectivity index (χ2v) is 3.30. The molecule has 2 nitrogen and oxygen atoms in total. The van der Waals surface area contributed by atoms with Gasteiger partial charge in [0, 0.05) is 5.92 Å². The van der Waals surface area contributed by atoms with Crippen molar-refractivity contribution in [3.8, 4) is 0 Å². The maximum Gasteiger partial charge on any atom is 0.306 e. The lowest BCUT2D eigenvalue weighted by atomic mass is 9.82. The summed E-state index contributed by atoms with van der Waals surface area (Å²) in [6.07, 6.45) is -0.564. The normalized spacial score (nSPS) is 30.6. The number of aliphatic carboxylic acids is 1. The topological polar surface area (TPSA) is 37.3 Å². The number of carboxylic acids is 1. The van der Waals surface area contributed by atoms with E-state index < -0.39 is 24.2 Å². The van der Waals surface area contributed by atoms with E-state index in [1.165, 1.54) is 0 Å². The summed E-state index contributed by atoms with van der Waals surface area (Å²) in [4.78, 5) is 10.5. The summed E-state index contributed by atoms with van der Waals surface area (Å²) in [5, 5.41) is 8.59. The van der Waals surface area contributed by atoms with Gasteiger partial charge in [0.15, 0.2) is 0 Å². The van der Waals surface area contributed by atoms with Gasteiger partial charge in [0.2, 0.25) is 6.43 Å². The monoisotopic (exact) mass is 178 g/mol. The Morgan fingerprint density at radius 2 is 2.08 bits per heavy atom. The molecular formula is C8H12F2O2. The highest BCUT2D eigenvalue weighted by Crippen LogP contribution is 2.32. The SMILES string of the molecule is O=C(O)C1CCCC(C(F)F)C1. The maximum absolute atomic E-state index is 12.2. The molecule has 70 valence electrons. The van der Waals surface area contributed by atoms with Crippen LogP contribution in [0.2, 0.25) is 0 Å². The van der Waals surface area contributed by atoms with E-state index in [0.29, 0.717) is 19.3 Å². The molecular weight excluding hydrogens is 166 g/mol. The van der Waals surface area contributed by atoms with Crippen LogP contribution in [0.4, 0.5) is 8.78 Å². The van der Waals surface area contributed by atoms with E-state index >= 15 is 0 Å². The van der Waals surface area contributed by atoms with Crippen LogP contribution in [0.15, 0.2) is 0 Å². The molecule has 0 bridgehead atoms. The summed E-state index contributed by atoms with van der Waals surface area (Å²) in [5.41, 5.74) is 0. The fraction of sp³-hybridized carbons (Fsp3) is 0.875. The number of alkyl halides is 2. The number of carboxylic acid groups (broad SMARTS) is 1. The second kappa shape index (κ2) is 3.83. The Morgan fingerprint density at radius 3 is 2.58 bits per heavy atom. The highest BCUT2D eigenvalue weighted by atomic mass is 19.3. The Bertz CT molecular complexity index is 170. The van der Waals surface area contributed by atoms with Gasteiger partial charge in [-0.3, -0.25) is 4.79 Å². The third-order valence-electron chi connectivity index (χ3n) is 2.42. The molecule has 1 rings (SSSR count). The second-order valence-electron chi connectivity index (χ2n) is 3.30. The zero-order chi connectivity index (χ0) is 9.14. The van der Waals surface area contributed by atoms with Crippen molar-refractivity contribution in [2.75, 3.05) is 0 Å². The van der Waals surface area contributed by atoms with Gasteiger partial charge in [0.25, 0.3) is 0 Å². The van der Waals surface area contributed by atoms with E-state index in [9.17, 15) is 13.6 Å². The smallest absolute Gasteiger partial charge is 0.306 e. The Morgan fingerprint density at radius 1 is 1.42 bits per heavy atom. The van der Waals surface area contributed by atoms with E-state index in [1.54, 1.807) is 0 Å². The maximum atomic E-state index is 12.2. The van der Waals surface area contributed by atoms with E-state index in [4.69, 9.17) is 5.11 Å². The quantitative estimate of drug-likeness (QED) is 0.703. The van der Waals surface area contributed by atoms with Crippen LogP contribution in [-0.4, -0.2) is 17.5 Å². The Kier molecular flexibility index (Phi) is 3.00. The highest BCUT2D eigenvalue weighted by molar-refractivity contribution is 5.70. The first-order valence-electron chi connectivity index (χ1n) is 4.12. The first kappa shape index (κ1) is 9.42. The summed E-state index contributed by atoms with van der Waals surface area (Å²) in [6.45, 7) is 0.